The van der Waals surface area contributed by atoms with Gasteiger partial charge in [0.2, 0.25) is 0 Å². The van der Waals surface area contributed by atoms with E-state index in [4.69, 9.17) is 9.47 Å². The molecule has 2 aromatic rings. The van der Waals surface area contributed by atoms with Crippen LogP contribution in [0.15, 0.2) is 18.5 Å². The molecular formula is C26H34F6N6O4. The van der Waals surface area contributed by atoms with E-state index in [1.807, 2.05) is 5.32 Å². The van der Waals surface area contributed by atoms with E-state index >= 15 is 0 Å². The third kappa shape index (κ3) is 7.75. The Morgan fingerprint density at radius 3 is 2.36 bits per heavy atom. The second-order valence-corrected chi connectivity index (χ2v) is 12.3. The monoisotopic (exact) mass is 608 g/mol. The average molecular weight is 609 g/mol. The van der Waals surface area contributed by atoms with Crippen LogP contribution in [0.5, 0.6) is 0 Å². The highest BCUT2D eigenvalue weighted by atomic mass is 19.4. The molecule has 0 radical (unpaired) electrons. The second kappa shape index (κ2) is 11.1. The molecule has 3 amide bonds. The number of hydrogen-bond donors (Lipinski definition) is 2. The topological polar surface area (TPSA) is 110 Å². The van der Waals surface area contributed by atoms with E-state index in [2.05, 4.69) is 15.4 Å². The molecule has 10 nitrogen and oxygen atoms in total. The number of hydrogen-bond acceptors (Lipinski definition) is 6. The predicted octanol–water partition coefficient (Wildman–Crippen LogP) is 5.28. The lowest BCUT2D eigenvalue weighted by atomic mass is 9.84. The lowest BCUT2D eigenvalue weighted by Crippen LogP contribution is -2.42. The van der Waals surface area contributed by atoms with Gasteiger partial charge in [0.15, 0.2) is 5.65 Å². The van der Waals surface area contributed by atoms with Crippen LogP contribution in [-0.2, 0) is 15.9 Å². The van der Waals surface area contributed by atoms with Gasteiger partial charge in [-0.3, -0.25) is 4.90 Å². The maximum atomic E-state index is 13.7. The van der Waals surface area contributed by atoms with Crippen molar-refractivity contribution in [2.75, 3.05) is 6.54 Å². The standard InChI is InChI=1S/C26H34F6N6O4/c1-23(2,3)42-22(40)35-16(10-24(4,5)26(30,31)32)17-12-38-19(34-17)8-14(11-33-38)9-20(41-15-6-7-15)37-13-18(25(27,28)29)36-21(37)39/h8,11-12,15-16,18,20H,6-7,9-10,13H2,1-5H3,(H,35,40)(H,36,39)/t16-,18-,20-/m0/s1. The molecule has 2 aromatic heterocycles. The Morgan fingerprint density at radius 2 is 1.81 bits per heavy atom. The molecule has 2 aliphatic rings. The first-order valence-electron chi connectivity index (χ1n) is 13.4. The van der Waals surface area contributed by atoms with E-state index in [-0.39, 0.29) is 23.9 Å². The third-order valence-corrected chi connectivity index (χ3v) is 6.89. The fraction of sp³-hybridized carbons (Fsp3) is 0.692. The minimum absolute atomic E-state index is 0.000875. The molecule has 1 aliphatic heterocycles. The van der Waals surface area contributed by atoms with Crippen LogP contribution in [0.1, 0.15) is 71.2 Å². The van der Waals surface area contributed by atoms with Gasteiger partial charge in [0.25, 0.3) is 0 Å². The van der Waals surface area contributed by atoms with Crippen LogP contribution in [0.3, 0.4) is 0 Å². The number of aromatic nitrogens is 3. The van der Waals surface area contributed by atoms with Gasteiger partial charge in [-0.1, -0.05) is 13.8 Å². The Balaban J connectivity index is 1.58. The van der Waals surface area contributed by atoms with Crippen molar-refractivity contribution < 1.29 is 45.4 Å². The number of nitrogens with one attached hydrogen (secondary N) is 2. The van der Waals surface area contributed by atoms with E-state index in [1.165, 1.54) is 16.9 Å². The van der Waals surface area contributed by atoms with E-state index in [9.17, 15) is 35.9 Å². The molecule has 2 fully saturated rings. The summed E-state index contributed by atoms with van der Waals surface area (Å²) in [7, 11) is 0. The highest BCUT2D eigenvalue weighted by Crippen LogP contribution is 2.43. The van der Waals surface area contributed by atoms with E-state index in [0.29, 0.717) is 5.56 Å². The number of carbonyl (C=O) groups excluding carboxylic acids is 2. The molecule has 0 spiro atoms. The van der Waals surface area contributed by atoms with Crippen molar-refractivity contribution in [2.24, 2.45) is 5.41 Å². The zero-order valence-electron chi connectivity index (χ0n) is 23.8. The van der Waals surface area contributed by atoms with Gasteiger partial charge >= 0.3 is 24.5 Å². The van der Waals surface area contributed by atoms with Crippen molar-refractivity contribution in [1.29, 1.82) is 0 Å². The van der Waals surface area contributed by atoms with Crippen molar-refractivity contribution in [3.8, 4) is 0 Å². The molecule has 4 rings (SSSR count). The SMILES string of the molecule is CC(C)(C)OC(=O)N[C@@H](CC(C)(C)C(F)(F)F)c1cn2ncc(C[C@H](OC3CC3)N3C[C@@H](C(F)(F)F)NC3=O)cc2n1. The number of ether oxygens (including phenoxy) is 2. The molecule has 0 bridgehead atoms. The second-order valence-electron chi connectivity index (χ2n) is 12.3. The minimum Gasteiger partial charge on any atom is -0.444 e. The Kier molecular flexibility index (Phi) is 8.34. The van der Waals surface area contributed by atoms with Gasteiger partial charge in [-0.15, -0.1) is 0 Å². The lowest BCUT2D eigenvalue weighted by Gasteiger charge is -2.32. The Labute approximate surface area is 238 Å². The van der Waals surface area contributed by atoms with Gasteiger partial charge < -0.3 is 20.1 Å². The third-order valence-electron chi connectivity index (χ3n) is 6.89. The zero-order valence-corrected chi connectivity index (χ0v) is 23.8. The molecule has 16 heteroatoms. The van der Waals surface area contributed by atoms with Crippen molar-refractivity contribution in [2.45, 2.75) is 103 Å². The Bertz CT molecular complexity index is 1300. The number of nitrogens with zero attached hydrogens (tertiary/aromatic N) is 4. The first kappa shape index (κ1) is 31.6. The summed E-state index contributed by atoms with van der Waals surface area (Å²) in [5.41, 5.74) is -2.30. The maximum absolute atomic E-state index is 13.7. The molecule has 0 aromatic carbocycles. The summed E-state index contributed by atoms with van der Waals surface area (Å²) < 4.78 is 93.4. The summed E-state index contributed by atoms with van der Waals surface area (Å²) in [6.45, 7) is 6.27. The quantitative estimate of drug-likeness (QED) is 0.375. The highest BCUT2D eigenvalue weighted by molar-refractivity contribution is 5.77. The summed E-state index contributed by atoms with van der Waals surface area (Å²) in [5, 5.41) is 8.67. The van der Waals surface area contributed by atoms with Crippen molar-refractivity contribution >= 4 is 17.8 Å². The highest BCUT2D eigenvalue weighted by Gasteiger charge is 2.50. The van der Waals surface area contributed by atoms with Crippen LogP contribution >= 0.6 is 0 Å². The number of alkyl halides is 6. The summed E-state index contributed by atoms with van der Waals surface area (Å²) in [4.78, 5) is 30.3. The van der Waals surface area contributed by atoms with Gasteiger partial charge in [-0.05, 0) is 51.7 Å². The smallest absolute Gasteiger partial charge is 0.410 e. The van der Waals surface area contributed by atoms with E-state index < -0.39 is 66.8 Å². The van der Waals surface area contributed by atoms with Crippen molar-refractivity contribution in [3.05, 3.63) is 29.7 Å². The fourth-order valence-electron chi connectivity index (χ4n) is 4.37. The molecule has 42 heavy (non-hydrogen) atoms. The van der Waals surface area contributed by atoms with Crippen LogP contribution in [0, 0.1) is 5.41 Å². The Hall–Kier alpha value is -3.30. The summed E-state index contributed by atoms with van der Waals surface area (Å²) >= 11 is 0. The average Bonchev–Trinajstić information content (AvgIpc) is 3.38. The van der Waals surface area contributed by atoms with E-state index in [1.54, 1.807) is 26.8 Å². The van der Waals surface area contributed by atoms with Crippen LogP contribution in [0.2, 0.25) is 0 Å². The molecule has 2 N–H and O–H groups in total. The number of amides is 3. The van der Waals surface area contributed by atoms with Crippen LogP contribution < -0.4 is 10.6 Å². The van der Waals surface area contributed by atoms with Crippen molar-refractivity contribution in [3.63, 3.8) is 0 Å². The summed E-state index contributed by atoms with van der Waals surface area (Å²) in [5.74, 6) is 0. The number of carbonyl (C=O) groups is 2. The van der Waals surface area contributed by atoms with Gasteiger partial charge in [-0.25, -0.2) is 19.1 Å². The molecule has 3 atom stereocenters. The molecule has 1 aliphatic carbocycles. The normalized spacial score (nSPS) is 20.0. The number of halogens is 6. The van der Waals surface area contributed by atoms with Gasteiger partial charge in [-0.2, -0.15) is 31.4 Å². The molecule has 234 valence electrons. The van der Waals surface area contributed by atoms with Crippen LogP contribution in [0.25, 0.3) is 5.65 Å². The molecule has 3 heterocycles. The molecular weight excluding hydrogens is 574 g/mol. The molecule has 1 saturated carbocycles. The molecule has 1 saturated heterocycles. The largest absolute Gasteiger partial charge is 0.444 e. The van der Waals surface area contributed by atoms with Crippen LogP contribution in [-0.4, -0.2) is 74.5 Å². The molecule has 0 unspecified atom stereocenters. The number of rotatable bonds is 9. The van der Waals surface area contributed by atoms with E-state index in [0.717, 1.165) is 31.6 Å². The zero-order chi connectivity index (χ0) is 31.3. The number of alkyl carbamates (subject to hydrolysis) is 1. The number of urea groups is 1. The maximum Gasteiger partial charge on any atom is 0.410 e. The van der Waals surface area contributed by atoms with Gasteiger partial charge in [0.1, 0.15) is 17.9 Å². The first-order valence-corrected chi connectivity index (χ1v) is 13.4. The fourth-order valence-corrected chi connectivity index (χ4v) is 4.37. The predicted molar refractivity (Wildman–Crippen MR) is 136 cm³/mol. The van der Waals surface area contributed by atoms with Gasteiger partial charge in [0, 0.05) is 6.42 Å². The lowest BCUT2D eigenvalue weighted by molar-refractivity contribution is -0.215. The van der Waals surface area contributed by atoms with Crippen LogP contribution in [0.4, 0.5) is 35.9 Å². The summed E-state index contributed by atoms with van der Waals surface area (Å²) in [6.07, 6.45) is -7.61. The minimum atomic E-state index is -4.62. The van der Waals surface area contributed by atoms with Gasteiger partial charge in [0.05, 0.1) is 42.2 Å². The number of imidazole rings is 1. The Morgan fingerprint density at radius 1 is 1.14 bits per heavy atom. The summed E-state index contributed by atoms with van der Waals surface area (Å²) in [6, 6.07) is -2.57. The van der Waals surface area contributed by atoms with Crippen molar-refractivity contribution in [1.82, 2.24) is 30.1 Å². The first-order chi connectivity index (χ1) is 19.2. The number of fused-ring (bicyclic) bond motifs is 1.